The minimum Gasteiger partial charge on any atom is -0.493 e. The topological polar surface area (TPSA) is 111 Å². The van der Waals surface area contributed by atoms with Gasteiger partial charge in [-0.15, -0.1) is 0 Å². The van der Waals surface area contributed by atoms with Crippen LogP contribution >= 0.6 is 0 Å². The van der Waals surface area contributed by atoms with Gasteiger partial charge in [-0.25, -0.2) is 0 Å². The third-order valence-corrected chi connectivity index (χ3v) is 7.42. The molecule has 2 atom stereocenters. The van der Waals surface area contributed by atoms with Crippen LogP contribution < -0.4 is 29.4 Å². The zero-order valence-electron chi connectivity index (χ0n) is 23.4. The van der Waals surface area contributed by atoms with Gasteiger partial charge in [0.1, 0.15) is 0 Å². The van der Waals surface area contributed by atoms with E-state index in [0.717, 1.165) is 27.8 Å². The predicted molar refractivity (Wildman–Crippen MR) is 152 cm³/mol. The van der Waals surface area contributed by atoms with E-state index < -0.39 is 17.8 Å². The van der Waals surface area contributed by atoms with Crippen molar-refractivity contribution in [2.45, 2.75) is 19.8 Å². The van der Waals surface area contributed by atoms with Crippen LogP contribution in [0.25, 0.3) is 6.08 Å². The molecule has 0 amide bonds. The number of carbonyl (C=O) groups excluding carboxylic acids is 1. The van der Waals surface area contributed by atoms with Crippen LogP contribution in [0.4, 0.5) is 11.4 Å². The molecule has 208 valence electrons. The number of nitrogen functional groups attached to an aromatic ring is 1. The van der Waals surface area contributed by atoms with Gasteiger partial charge in [-0.2, -0.15) is 0 Å². The van der Waals surface area contributed by atoms with Gasteiger partial charge in [-0.3, -0.25) is 9.79 Å². The largest absolute Gasteiger partial charge is 0.493 e. The highest BCUT2D eigenvalue weighted by molar-refractivity contribution is 5.98. The van der Waals surface area contributed by atoms with Crippen LogP contribution in [-0.4, -0.2) is 47.4 Å². The number of anilines is 1. The minimum absolute atomic E-state index is 0.123. The second-order valence-electron chi connectivity index (χ2n) is 9.67. The monoisotopic (exact) mass is 544 g/mol. The van der Waals surface area contributed by atoms with Crippen molar-refractivity contribution in [2.75, 3.05) is 41.0 Å². The molecule has 1 aliphatic carbocycles. The number of nitrogens with two attached hydrogens (primary N) is 1. The van der Waals surface area contributed by atoms with Crippen molar-refractivity contribution in [1.29, 1.82) is 0 Å². The molecule has 3 aromatic rings. The molecule has 0 saturated heterocycles. The number of ether oxygens (including phenoxy) is 6. The maximum atomic E-state index is 13.5. The average molecular weight is 545 g/mol. The highest BCUT2D eigenvalue weighted by atomic mass is 16.7. The number of nitrogens with zero attached hydrogens (tertiary/aromatic N) is 1. The number of fused-ring (bicyclic) bond motifs is 2. The van der Waals surface area contributed by atoms with E-state index >= 15 is 0 Å². The molecule has 2 N–H and O–H groups in total. The first-order valence-electron chi connectivity index (χ1n) is 12.7. The molecule has 1 unspecified atom stereocenters. The van der Waals surface area contributed by atoms with Crippen LogP contribution in [0.3, 0.4) is 0 Å². The summed E-state index contributed by atoms with van der Waals surface area (Å²) in [5.41, 5.74) is 12.7. The Kier molecular flexibility index (Phi) is 7.30. The molecule has 0 fully saturated rings. The molecule has 5 rings (SSSR count). The summed E-state index contributed by atoms with van der Waals surface area (Å²) in [7, 11) is 6.03. The smallest absolute Gasteiger partial charge is 0.314 e. The van der Waals surface area contributed by atoms with Gasteiger partial charge in [0.2, 0.25) is 12.5 Å². The Bertz CT molecular complexity index is 1520. The van der Waals surface area contributed by atoms with Crippen molar-refractivity contribution in [3.05, 3.63) is 69.8 Å². The number of esters is 1. The summed E-state index contributed by atoms with van der Waals surface area (Å²) in [4.78, 5) is 18.2. The van der Waals surface area contributed by atoms with E-state index in [1.165, 1.54) is 7.11 Å². The van der Waals surface area contributed by atoms with Crippen molar-refractivity contribution in [2.24, 2.45) is 10.9 Å². The normalized spacial score (nSPS) is 17.3. The Morgan fingerprint density at radius 2 is 1.57 bits per heavy atom. The quantitative estimate of drug-likeness (QED) is 0.240. The number of hydrogen-bond donors (Lipinski definition) is 1. The van der Waals surface area contributed by atoms with Gasteiger partial charge in [-0.05, 0) is 89.7 Å². The van der Waals surface area contributed by atoms with E-state index in [-0.39, 0.29) is 6.79 Å². The van der Waals surface area contributed by atoms with Gasteiger partial charge in [0.05, 0.1) is 45.7 Å². The Labute approximate surface area is 233 Å². The van der Waals surface area contributed by atoms with Crippen LogP contribution in [0.5, 0.6) is 28.7 Å². The van der Waals surface area contributed by atoms with E-state index in [2.05, 4.69) is 0 Å². The van der Waals surface area contributed by atoms with Crippen molar-refractivity contribution in [3.8, 4) is 28.7 Å². The van der Waals surface area contributed by atoms with Gasteiger partial charge in [0, 0.05) is 12.1 Å². The highest BCUT2D eigenvalue weighted by Crippen LogP contribution is 2.50. The lowest BCUT2D eigenvalue weighted by Crippen LogP contribution is -2.30. The number of aryl methyl sites for hydroxylation is 2. The zero-order chi connectivity index (χ0) is 28.6. The molecule has 9 nitrogen and oxygen atoms in total. The van der Waals surface area contributed by atoms with Gasteiger partial charge in [0.25, 0.3) is 0 Å². The van der Waals surface area contributed by atoms with E-state index in [1.807, 2.05) is 56.3 Å². The van der Waals surface area contributed by atoms with Gasteiger partial charge >= 0.3 is 5.97 Å². The van der Waals surface area contributed by atoms with Crippen molar-refractivity contribution in [3.63, 3.8) is 0 Å². The fraction of sp³-hybridized carbons (Fsp3) is 0.290. The SMILES string of the molecule is COC(=O)[C@@H]1C(C=Nc2cc(C)c(C)cc2N)=Cc2cc3c(cc2C1c1cc(OC)c(OC)c(OC)c1)OCO3. The number of aliphatic imine (C=N–C) groups is 1. The molecule has 1 aliphatic heterocycles. The summed E-state index contributed by atoms with van der Waals surface area (Å²) in [6.07, 6.45) is 3.61. The second-order valence-corrected chi connectivity index (χ2v) is 9.67. The lowest BCUT2D eigenvalue weighted by atomic mass is 9.71. The summed E-state index contributed by atoms with van der Waals surface area (Å²) >= 11 is 0. The highest BCUT2D eigenvalue weighted by Gasteiger charge is 2.40. The molecule has 0 bridgehead atoms. The second kappa shape index (κ2) is 10.8. The van der Waals surface area contributed by atoms with Gasteiger partial charge < -0.3 is 34.2 Å². The Morgan fingerprint density at radius 3 is 2.20 bits per heavy atom. The van der Waals surface area contributed by atoms with Gasteiger partial charge in [0.15, 0.2) is 23.0 Å². The number of hydrogen-bond acceptors (Lipinski definition) is 9. The van der Waals surface area contributed by atoms with Gasteiger partial charge in [-0.1, -0.05) is 0 Å². The first kappa shape index (κ1) is 26.9. The molecule has 0 radical (unpaired) electrons. The molecule has 3 aromatic carbocycles. The maximum Gasteiger partial charge on any atom is 0.314 e. The van der Waals surface area contributed by atoms with Crippen LogP contribution in [0.2, 0.25) is 0 Å². The lowest BCUT2D eigenvalue weighted by molar-refractivity contribution is -0.144. The van der Waals surface area contributed by atoms with Crippen LogP contribution in [-0.2, 0) is 9.53 Å². The zero-order valence-corrected chi connectivity index (χ0v) is 23.4. The van der Waals surface area contributed by atoms with E-state index in [0.29, 0.717) is 45.7 Å². The van der Waals surface area contributed by atoms with Crippen LogP contribution in [0.15, 0.2) is 47.0 Å². The Hall–Kier alpha value is -4.66. The molecule has 2 aliphatic rings. The summed E-state index contributed by atoms with van der Waals surface area (Å²) in [5, 5.41) is 0. The maximum absolute atomic E-state index is 13.5. The van der Waals surface area contributed by atoms with E-state index in [9.17, 15) is 4.79 Å². The first-order chi connectivity index (χ1) is 19.3. The number of methoxy groups -OCH3 is 4. The first-order valence-corrected chi connectivity index (χ1v) is 12.7. The fourth-order valence-electron chi connectivity index (χ4n) is 5.26. The molecule has 0 aromatic heterocycles. The molecule has 40 heavy (non-hydrogen) atoms. The fourth-order valence-corrected chi connectivity index (χ4v) is 5.26. The van der Waals surface area contributed by atoms with Crippen molar-refractivity contribution >= 4 is 29.6 Å². The predicted octanol–water partition coefficient (Wildman–Crippen LogP) is 5.36. The van der Waals surface area contributed by atoms with Crippen molar-refractivity contribution < 1.29 is 33.2 Å². The third kappa shape index (κ3) is 4.68. The van der Waals surface area contributed by atoms with E-state index in [4.69, 9.17) is 39.1 Å². The Morgan fingerprint density at radius 1 is 0.925 bits per heavy atom. The molecular weight excluding hydrogens is 512 g/mol. The summed E-state index contributed by atoms with van der Waals surface area (Å²) in [6.45, 7) is 4.13. The van der Waals surface area contributed by atoms with Crippen LogP contribution in [0.1, 0.15) is 33.7 Å². The standard InChI is InChI=1S/C31H32N2O7/c1-16-7-22(32)23(8-17(16)2)33-14-20-9-18-10-24-25(40-15-39-24)13-21(18)28(29(20)31(34)38-6)19-11-26(35-3)30(37-5)27(12-19)36-4/h7-14,28-29H,15,32H2,1-6H3/t28?,29-/m1/s1. The molecule has 1 heterocycles. The Balaban J connectivity index is 1.73. The summed E-state index contributed by atoms with van der Waals surface area (Å²) in [5.74, 6) is 0.941. The molecule has 0 saturated carbocycles. The van der Waals surface area contributed by atoms with Crippen LogP contribution in [0, 0.1) is 19.8 Å². The van der Waals surface area contributed by atoms with E-state index in [1.54, 1.807) is 27.5 Å². The minimum atomic E-state index is -0.753. The number of benzene rings is 3. The summed E-state index contributed by atoms with van der Waals surface area (Å²) in [6, 6.07) is 11.3. The molecule has 0 spiro atoms. The lowest BCUT2D eigenvalue weighted by Gasteiger charge is -2.32. The molecular formula is C31H32N2O7. The number of rotatable bonds is 7. The third-order valence-electron chi connectivity index (χ3n) is 7.42. The number of carbonyl (C=O) groups is 1. The van der Waals surface area contributed by atoms with Crippen molar-refractivity contribution in [1.82, 2.24) is 0 Å². The molecule has 9 heteroatoms. The average Bonchev–Trinajstić information content (AvgIpc) is 3.42. The summed E-state index contributed by atoms with van der Waals surface area (Å²) < 4.78 is 33.5.